The fourth-order valence-corrected chi connectivity index (χ4v) is 3.54. The van der Waals surface area contributed by atoms with Crippen LogP contribution >= 0.6 is 0 Å². The van der Waals surface area contributed by atoms with Gasteiger partial charge in [-0.25, -0.2) is 14.4 Å². The number of allylic oxidation sites excluding steroid dienone is 2. The normalized spacial score (nSPS) is 11.4. The van der Waals surface area contributed by atoms with E-state index in [-0.39, 0.29) is 67.2 Å². The monoisotopic (exact) mass is 856 g/mol. The molecule has 60 heavy (non-hydrogen) atoms. The first-order valence-electron chi connectivity index (χ1n) is 19.2. The number of hydrogen-bond acceptors (Lipinski definition) is 17. The number of aliphatic hydroxyl groups is 1. The maximum absolute atomic E-state index is 10.8. The van der Waals surface area contributed by atoms with Crippen LogP contribution in [0.15, 0.2) is 36.5 Å². The lowest BCUT2D eigenvalue weighted by atomic mass is 9.86. The Kier molecular flexibility index (Phi) is 45.8. The lowest BCUT2D eigenvalue weighted by Gasteiger charge is -2.19. The summed E-state index contributed by atoms with van der Waals surface area (Å²) in [7, 11) is 2.51. The number of methoxy groups -OCH3 is 2. The Hall–Kier alpha value is -5.45. The Labute approximate surface area is 354 Å². The first kappa shape index (κ1) is 63.7. The third-order valence-corrected chi connectivity index (χ3v) is 6.43. The average molecular weight is 857 g/mol. The first-order chi connectivity index (χ1) is 27.9. The van der Waals surface area contributed by atoms with Gasteiger partial charge in [0.2, 0.25) is 0 Å². The Morgan fingerprint density at radius 2 is 1.10 bits per heavy atom. The second kappa shape index (κ2) is 43.1. The molecule has 1 saturated carbocycles. The van der Waals surface area contributed by atoms with Crippen LogP contribution in [0.25, 0.3) is 0 Å². The second-order valence-corrected chi connectivity index (χ2v) is 13.4. The Bertz CT molecular complexity index is 1370. The molecule has 0 saturated heterocycles. The summed E-state index contributed by atoms with van der Waals surface area (Å²) in [5.41, 5.74) is 0.282. The van der Waals surface area contributed by atoms with Crippen LogP contribution in [0.2, 0.25) is 0 Å². The minimum Gasteiger partial charge on any atom is -0.466 e. The van der Waals surface area contributed by atoms with Crippen molar-refractivity contribution in [2.45, 2.75) is 120 Å². The maximum Gasteiger partial charge on any atom is 0.333 e. The van der Waals surface area contributed by atoms with Gasteiger partial charge in [0.15, 0.2) is 11.6 Å². The van der Waals surface area contributed by atoms with Crippen molar-refractivity contribution in [1.82, 2.24) is 0 Å². The van der Waals surface area contributed by atoms with Crippen LogP contribution < -0.4 is 0 Å². The number of hydrogen-bond donors (Lipinski definition) is 1. The zero-order chi connectivity index (χ0) is 47.6. The molecule has 0 bridgehead atoms. The molecule has 0 unspecified atom stereocenters. The van der Waals surface area contributed by atoms with Gasteiger partial charge in [0.1, 0.15) is 49.2 Å². The van der Waals surface area contributed by atoms with Crippen LogP contribution in [0, 0.1) is 11.8 Å². The number of ether oxygens (including phenoxy) is 5. The van der Waals surface area contributed by atoms with Crippen molar-refractivity contribution in [2.75, 3.05) is 40.6 Å². The highest BCUT2D eigenvalue weighted by atomic mass is 16.6. The summed E-state index contributed by atoms with van der Waals surface area (Å²) in [5, 5.41) is 8.02. The predicted octanol–water partition coefficient (Wildman–Crippen LogP) is 4.91. The number of Topliss-reactive ketones (excluding diaryl/α,β-unsaturated/α-hetero) is 4. The molecule has 0 aromatic carbocycles. The van der Waals surface area contributed by atoms with Crippen molar-refractivity contribution in [3.8, 4) is 0 Å². The lowest BCUT2D eigenvalue weighted by molar-refractivity contribution is -0.151. The smallest absolute Gasteiger partial charge is 0.333 e. The molecule has 1 aliphatic rings. The zero-order valence-corrected chi connectivity index (χ0v) is 37.3. The average Bonchev–Trinajstić information content (AvgIpc) is 3.15. The molecule has 1 rings (SSSR count). The topological polar surface area (TPSA) is 254 Å². The van der Waals surface area contributed by atoms with Gasteiger partial charge in [-0.1, -0.05) is 40.2 Å². The summed E-state index contributed by atoms with van der Waals surface area (Å²) in [5.74, 6) is -1.63. The number of carbonyl (C=O) groups is 11. The van der Waals surface area contributed by atoms with Gasteiger partial charge in [-0.05, 0) is 78.4 Å². The molecule has 0 amide bonds. The Balaban J connectivity index is -0.000000206. The highest BCUT2D eigenvalue weighted by Crippen LogP contribution is 2.25. The third-order valence-electron chi connectivity index (χ3n) is 6.43. The molecule has 0 radical (unpaired) electrons. The van der Waals surface area contributed by atoms with E-state index in [1.165, 1.54) is 68.6 Å². The number of carbonyl (C=O) groups excluding carboxylic acids is 11. The molecule has 1 N–H and O–H groups in total. The van der Waals surface area contributed by atoms with Gasteiger partial charge in [-0.2, -0.15) is 0 Å². The molecule has 0 aliphatic heterocycles. The zero-order valence-electron chi connectivity index (χ0n) is 37.3. The van der Waals surface area contributed by atoms with E-state index in [0.29, 0.717) is 24.7 Å². The summed E-state index contributed by atoms with van der Waals surface area (Å²) in [6.07, 6.45) is 11.0. The lowest BCUT2D eigenvalue weighted by Crippen LogP contribution is -2.15. The molecule has 0 aromatic heterocycles. The molecule has 0 atom stereocenters. The fraction of sp³-hybridized carbons (Fsp3) is 0.605. The van der Waals surface area contributed by atoms with E-state index in [1.54, 1.807) is 0 Å². The molecule has 342 valence electrons. The van der Waals surface area contributed by atoms with E-state index >= 15 is 0 Å². The molecule has 0 aromatic rings. The summed E-state index contributed by atoms with van der Waals surface area (Å²) in [6.45, 7) is 18.1. The van der Waals surface area contributed by atoms with E-state index in [1.807, 2.05) is 13.8 Å². The number of rotatable bonds is 18. The van der Waals surface area contributed by atoms with Crippen molar-refractivity contribution in [3.63, 3.8) is 0 Å². The number of ketones is 6. The predicted molar refractivity (Wildman–Crippen MR) is 221 cm³/mol. The molecular formula is C43H68O17. The molecule has 0 spiro atoms. The summed E-state index contributed by atoms with van der Waals surface area (Å²) in [4.78, 5) is 115. The molecule has 17 nitrogen and oxygen atoms in total. The fourth-order valence-electron chi connectivity index (χ4n) is 3.54. The van der Waals surface area contributed by atoms with E-state index in [0.717, 1.165) is 55.9 Å². The van der Waals surface area contributed by atoms with E-state index < -0.39 is 29.8 Å². The van der Waals surface area contributed by atoms with Gasteiger partial charge in [0.05, 0.1) is 20.8 Å². The second-order valence-electron chi connectivity index (χ2n) is 13.4. The van der Waals surface area contributed by atoms with Crippen molar-refractivity contribution < 1.29 is 81.5 Å². The third kappa shape index (κ3) is 59.2. The molecular weight excluding hydrogens is 788 g/mol. The van der Waals surface area contributed by atoms with E-state index in [9.17, 15) is 52.7 Å². The SMILES string of the molecule is C=C(C)C(=O)OCCOC(=O)CC(C)=O.CC(=O)CC(=O)OCC(C)C.CC(=O)CCO.CCCC1CCC(=O)CC1.COC(=O)/C=C/C(C)=O.COC(=O)/C=C/C(C)=O. The van der Waals surface area contributed by atoms with Crippen LogP contribution in [-0.2, 0) is 76.4 Å². The van der Waals surface area contributed by atoms with Crippen molar-refractivity contribution in [3.05, 3.63) is 36.5 Å². The first-order valence-corrected chi connectivity index (χ1v) is 19.2. The molecule has 1 fully saturated rings. The van der Waals surface area contributed by atoms with Gasteiger partial charge in [0, 0.05) is 43.6 Å². The maximum atomic E-state index is 10.8. The highest BCUT2D eigenvalue weighted by Gasteiger charge is 2.17. The van der Waals surface area contributed by atoms with Gasteiger partial charge in [-0.15, -0.1) is 0 Å². The number of esters is 5. The minimum atomic E-state index is -0.617. The van der Waals surface area contributed by atoms with Crippen molar-refractivity contribution in [2.24, 2.45) is 11.8 Å². The minimum absolute atomic E-state index is 0.0185. The van der Waals surface area contributed by atoms with E-state index in [2.05, 4.69) is 32.5 Å². The summed E-state index contributed by atoms with van der Waals surface area (Å²) < 4.78 is 22.5. The molecule has 1 aliphatic carbocycles. The molecule has 0 heterocycles. The standard InChI is InChI=1S/C10H14O5.C9H16O.C8H14O3.2C6H8O3.C4H8O2/c1-7(2)10(13)15-5-4-14-9(12)6-8(3)11;1-2-3-8-4-6-9(10)7-5-8;1-6(2)5-11-8(10)4-7(3)9;2*1-5(7)3-4-6(8)9-2;1-4(6)2-3-5/h1,4-6H2,2-3H3;8H,2-7H2,1H3;6H,4-5H2,1-3H3;2*3-4H,1-2H3;5H,2-3H2,1H3/b;;;2*4-3+;. The van der Waals surface area contributed by atoms with Crippen molar-refractivity contribution in [1.29, 1.82) is 0 Å². The Morgan fingerprint density at radius 3 is 1.40 bits per heavy atom. The van der Waals surface area contributed by atoms with Crippen LogP contribution in [0.3, 0.4) is 0 Å². The number of aliphatic hydroxyl groups excluding tert-OH is 1. The summed E-state index contributed by atoms with van der Waals surface area (Å²) >= 11 is 0. The van der Waals surface area contributed by atoms with Crippen LogP contribution in [0.1, 0.15) is 120 Å². The van der Waals surface area contributed by atoms with E-state index in [4.69, 9.17) is 9.84 Å². The van der Waals surface area contributed by atoms with Crippen LogP contribution in [0.4, 0.5) is 0 Å². The van der Waals surface area contributed by atoms with Gasteiger partial charge < -0.3 is 28.8 Å². The molecule has 17 heteroatoms. The largest absolute Gasteiger partial charge is 0.466 e. The summed E-state index contributed by atoms with van der Waals surface area (Å²) in [6, 6.07) is 0. The van der Waals surface area contributed by atoms with Gasteiger partial charge in [0.25, 0.3) is 0 Å². The van der Waals surface area contributed by atoms with Crippen molar-refractivity contribution >= 4 is 64.5 Å². The van der Waals surface area contributed by atoms with Crippen LogP contribution in [-0.4, -0.2) is 110 Å². The van der Waals surface area contributed by atoms with Gasteiger partial charge in [-0.3, -0.25) is 38.4 Å². The van der Waals surface area contributed by atoms with Crippen LogP contribution in [0.5, 0.6) is 0 Å². The highest BCUT2D eigenvalue weighted by molar-refractivity contribution is 5.95. The van der Waals surface area contributed by atoms with Gasteiger partial charge >= 0.3 is 29.8 Å². The quantitative estimate of drug-likeness (QED) is 0.0632. The Morgan fingerprint density at radius 1 is 0.683 bits per heavy atom.